The fraction of sp³-hybridized carbons (Fsp3) is 0.500. The van der Waals surface area contributed by atoms with Crippen molar-refractivity contribution >= 4 is 15.9 Å². The summed E-state index contributed by atoms with van der Waals surface area (Å²) in [5.74, 6) is 0. The maximum atomic E-state index is 10.1. The molecule has 0 aliphatic heterocycles. The van der Waals surface area contributed by atoms with Crippen LogP contribution in [-0.4, -0.2) is 22.9 Å². The van der Waals surface area contributed by atoms with Gasteiger partial charge < -0.3 is 10.2 Å². The Morgan fingerprint density at radius 2 is 1.89 bits per heavy atom. The standard InChI is InChI=1S/C12H16BrN3O2/c1-7-5-9(13)6-8(2)11(7)12(18)10(17)3-4-15-16-14/h5-6,10,12,17-18H,3-4H2,1-2H3. The highest BCUT2D eigenvalue weighted by Crippen LogP contribution is 2.28. The number of hydrogen-bond donors (Lipinski definition) is 2. The normalized spacial score (nSPS) is 13.8. The first-order chi connectivity index (χ1) is 8.47. The van der Waals surface area contributed by atoms with E-state index in [4.69, 9.17) is 5.53 Å². The Morgan fingerprint density at radius 1 is 1.33 bits per heavy atom. The van der Waals surface area contributed by atoms with Gasteiger partial charge in [-0.3, -0.25) is 0 Å². The highest BCUT2D eigenvalue weighted by Gasteiger charge is 2.21. The molecule has 0 saturated heterocycles. The Labute approximate surface area is 114 Å². The molecule has 1 rings (SSSR count). The highest BCUT2D eigenvalue weighted by molar-refractivity contribution is 9.10. The zero-order chi connectivity index (χ0) is 13.7. The van der Waals surface area contributed by atoms with Crippen LogP contribution in [0.3, 0.4) is 0 Å². The van der Waals surface area contributed by atoms with E-state index in [9.17, 15) is 10.2 Å². The summed E-state index contributed by atoms with van der Waals surface area (Å²) < 4.78 is 0.942. The second-order valence-electron chi connectivity index (χ2n) is 4.21. The molecule has 1 aromatic carbocycles. The van der Waals surface area contributed by atoms with Gasteiger partial charge in [0.1, 0.15) is 6.10 Å². The summed E-state index contributed by atoms with van der Waals surface area (Å²) in [4.78, 5) is 2.61. The third kappa shape index (κ3) is 3.71. The van der Waals surface area contributed by atoms with Crippen molar-refractivity contribution in [2.24, 2.45) is 5.11 Å². The van der Waals surface area contributed by atoms with Crippen LogP contribution in [0.4, 0.5) is 0 Å². The van der Waals surface area contributed by atoms with Crippen molar-refractivity contribution in [2.45, 2.75) is 32.5 Å². The van der Waals surface area contributed by atoms with Crippen LogP contribution in [0.1, 0.15) is 29.2 Å². The van der Waals surface area contributed by atoms with Crippen molar-refractivity contribution in [3.05, 3.63) is 43.7 Å². The third-order valence-electron chi connectivity index (χ3n) is 2.81. The lowest BCUT2D eigenvalue weighted by atomic mass is 9.94. The number of nitrogens with zero attached hydrogens (tertiary/aromatic N) is 3. The number of rotatable bonds is 5. The van der Waals surface area contributed by atoms with Gasteiger partial charge in [-0.25, -0.2) is 0 Å². The van der Waals surface area contributed by atoms with E-state index in [2.05, 4.69) is 26.0 Å². The zero-order valence-electron chi connectivity index (χ0n) is 10.3. The van der Waals surface area contributed by atoms with E-state index < -0.39 is 12.2 Å². The van der Waals surface area contributed by atoms with E-state index in [1.54, 1.807) is 0 Å². The van der Waals surface area contributed by atoms with Crippen molar-refractivity contribution < 1.29 is 10.2 Å². The maximum absolute atomic E-state index is 10.1. The summed E-state index contributed by atoms with van der Waals surface area (Å²) in [6.45, 7) is 3.94. The average Bonchev–Trinajstić information content (AvgIpc) is 2.27. The Morgan fingerprint density at radius 3 is 2.39 bits per heavy atom. The molecule has 0 radical (unpaired) electrons. The lowest BCUT2D eigenvalue weighted by molar-refractivity contribution is 0.0143. The number of benzene rings is 1. The molecule has 6 heteroatoms. The Hall–Kier alpha value is -1.07. The van der Waals surface area contributed by atoms with Gasteiger partial charge in [0, 0.05) is 15.9 Å². The molecule has 0 bridgehead atoms. The van der Waals surface area contributed by atoms with Crippen molar-refractivity contribution in [3.8, 4) is 0 Å². The SMILES string of the molecule is Cc1cc(Br)cc(C)c1C(O)C(O)CCN=[N+]=[N-]. The quantitative estimate of drug-likeness (QED) is 0.496. The van der Waals surface area contributed by atoms with E-state index in [0.29, 0.717) is 0 Å². The molecule has 0 saturated carbocycles. The molecule has 5 nitrogen and oxygen atoms in total. The van der Waals surface area contributed by atoms with Gasteiger partial charge >= 0.3 is 0 Å². The molecule has 0 aliphatic carbocycles. The van der Waals surface area contributed by atoms with Crippen LogP contribution in [0.25, 0.3) is 10.4 Å². The number of hydrogen-bond acceptors (Lipinski definition) is 3. The van der Waals surface area contributed by atoms with Gasteiger partial charge in [0.25, 0.3) is 0 Å². The summed E-state index contributed by atoms with van der Waals surface area (Å²) in [5, 5.41) is 23.4. The first-order valence-corrected chi connectivity index (χ1v) is 6.40. The van der Waals surface area contributed by atoms with Crippen LogP contribution in [-0.2, 0) is 0 Å². The molecule has 0 aromatic heterocycles. The number of aryl methyl sites for hydroxylation is 2. The van der Waals surface area contributed by atoms with Gasteiger partial charge in [-0.2, -0.15) is 0 Å². The summed E-state index contributed by atoms with van der Waals surface area (Å²) in [5.41, 5.74) is 10.7. The largest absolute Gasteiger partial charge is 0.390 e. The monoisotopic (exact) mass is 313 g/mol. The number of aliphatic hydroxyl groups excluding tert-OH is 2. The van der Waals surface area contributed by atoms with Crippen LogP contribution in [0.5, 0.6) is 0 Å². The van der Waals surface area contributed by atoms with E-state index in [-0.39, 0.29) is 13.0 Å². The van der Waals surface area contributed by atoms with Crippen LogP contribution in [0.2, 0.25) is 0 Å². The molecule has 0 spiro atoms. The molecule has 2 N–H and O–H groups in total. The fourth-order valence-corrected chi connectivity index (χ4v) is 2.66. The Balaban J connectivity index is 2.89. The molecule has 2 atom stereocenters. The second-order valence-corrected chi connectivity index (χ2v) is 5.12. The molecule has 1 aromatic rings. The van der Waals surface area contributed by atoms with E-state index in [0.717, 1.165) is 21.2 Å². The lowest BCUT2D eigenvalue weighted by Gasteiger charge is -2.21. The van der Waals surface area contributed by atoms with Gasteiger partial charge in [0.05, 0.1) is 6.10 Å². The van der Waals surface area contributed by atoms with E-state index >= 15 is 0 Å². The van der Waals surface area contributed by atoms with Crippen LogP contribution in [0, 0.1) is 13.8 Å². The third-order valence-corrected chi connectivity index (χ3v) is 3.26. The maximum Gasteiger partial charge on any atom is 0.105 e. The molecule has 0 amide bonds. The number of azide groups is 1. The van der Waals surface area contributed by atoms with Gasteiger partial charge in [0.2, 0.25) is 0 Å². The summed E-state index contributed by atoms with van der Waals surface area (Å²) >= 11 is 3.39. The van der Waals surface area contributed by atoms with Crippen molar-refractivity contribution in [2.75, 3.05) is 6.54 Å². The van der Waals surface area contributed by atoms with Crippen molar-refractivity contribution in [1.82, 2.24) is 0 Å². The van der Waals surface area contributed by atoms with Crippen molar-refractivity contribution in [3.63, 3.8) is 0 Å². The zero-order valence-corrected chi connectivity index (χ0v) is 11.9. The predicted molar refractivity (Wildman–Crippen MR) is 73.2 cm³/mol. The molecule has 0 aliphatic rings. The molecule has 18 heavy (non-hydrogen) atoms. The predicted octanol–water partition coefficient (Wildman–Crippen LogP) is 3.16. The summed E-state index contributed by atoms with van der Waals surface area (Å²) in [6, 6.07) is 3.79. The molecule has 98 valence electrons. The minimum Gasteiger partial charge on any atom is -0.390 e. The van der Waals surface area contributed by atoms with Crippen LogP contribution < -0.4 is 0 Å². The second kappa shape index (κ2) is 6.75. The summed E-state index contributed by atoms with van der Waals surface area (Å²) in [7, 11) is 0. The molecule has 2 unspecified atom stereocenters. The smallest absolute Gasteiger partial charge is 0.105 e. The Kier molecular flexibility index (Phi) is 5.62. The van der Waals surface area contributed by atoms with E-state index in [1.807, 2.05) is 26.0 Å². The van der Waals surface area contributed by atoms with Gasteiger partial charge in [-0.05, 0) is 54.6 Å². The fourth-order valence-electron chi connectivity index (χ4n) is 1.97. The van der Waals surface area contributed by atoms with Crippen LogP contribution in [0.15, 0.2) is 21.7 Å². The summed E-state index contributed by atoms with van der Waals surface area (Å²) in [6.07, 6.45) is -1.67. The van der Waals surface area contributed by atoms with Gasteiger partial charge in [-0.15, -0.1) is 0 Å². The number of aliphatic hydroxyl groups is 2. The highest BCUT2D eigenvalue weighted by atomic mass is 79.9. The molecular weight excluding hydrogens is 298 g/mol. The molecule has 0 heterocycles. The minimum absolute atomic E-state index is 0.170. The first kappa shape index (κ1) is 15.0. The first-order valence-electron chi connectivity index (χ1n) is 5.61. The topological polar surface area (TPSA) is 89.2 Å². The lowest BCUT2D eigenvalue weighted by Crippen LogP contribution is -2.21. The number of halogens is 1. The van der Waals surface area contributed by atoms with Gasteiger partial charge in [0.15, 0.2) is 0 Å². The molecular formula is C12H16BrN3O2. The van der Waals surface area contributed by atoms with Crippen molar-refractivity contribution in [1.29, 1.82) is 0 Å². The van der Waals surface area contributed by atoms with Crippen LogP contribution >= 0.6 is 15.9 Å². The Bertz CT molecular complexity index is 449. The van der Waals surface area contributed by atoms with Gasteiger partial charge in [-0.1, -0.05) is 21.0 Å². The average molecular weight is 314 g/mol. The molecule has 0 fully saturated rings. The van der Waals surface area contributed by atoms with E-state index in [1.165, 1.54) is 0 Å². The minimum atomic E-state index is -0.966.